The summed E-state index contributed by atoms with van der Waals surface area (Å²) in [7, 11) is 4.34. The van der Waals surface area contributed by atoms with Crippen molar-refractivity contribution in [2.24, 2.45) is 5.41 Å². The Bertz CT molecular complexity index is 114. The van der Waals surface area contributed by atoms with Gasteiger partial charge in [0.15, 0.2) is 0 Å². The molecule has 0 aromatic heterocycles. The van der Waals surface area contributed by atoms with E-state index in [-0.39, 0.29) is 0 Å². The molecule has 0 aromatic carbocycles. The van der Waals surface area contributed by atoms with Crippen molar-refractivity contribution in [1.29, 1.82) is 0 Å². The minimum atomic E-state index is 0.791. The molecule has 0 aromatic rings. The van der Waals surface area contributed by atoms with Crippen LogP contribution in [0.5, 0.6) is 0 Å². The van der Waals surface area contributed by atoms with E-state index in [1.807, 2.05) is 0 Å². The van der Waals surface area contributed by atoms with Crippen molar-refractivity contribution in [2.45, 2.75) is 39.0 Å². The SMILES string of the molecule is CCCC1(CCN(C)C)CC1. The van der Waals surface area contributed by atoms with Crippen LogP contribution < -0.4 is 0 Å². The van der Waals surface area contributed by atoms with Crippen LogP contribution in [0.3, 0.4) is 0 Å². The highest BCUT2D eigenvalue weighted by Crippen LogP contribution is 2.52. The topological polar surface area (TPSA) is 3.24 Å². The highest BCUT2D eigenvalue weighted by atomic mass is 15.0. The van der Waals surface area contributed by atoms with Crippen molar-refractivity contribution in [2.75, 3.05) is 20.6 Å². The molecule has 0 unspecified atom stereocenters. The van der Waals surface area contributed by atoms with Crippen molar-refractivity contribution in [1.82, 2.24) is 4.90 Å². The Morgan fingerprint density at radius 3 is 2.18 bits per heavy atom. The van der Waals surface area contributed by atoms with E-state index in [1.54, 1.807) is 0 Å². The van der Waals surface area contributed by atoms with Gasteiger partial charge in [0, 0.05) is 0 Å². The lowest BCUT2D eigenvalue weighted by atomic mass is 9.96. The molecule has 1 aliphatic rings. The summed E-state index contributed by atoms with van der Waals surface area (Å²) < 4.78 is 0. The number of hydrogen-bond acceptors (Lipinski definition) is 1. The van der Waals surface area contributed by atoms with E-state index >= 15 is 0 Å². The Labute approximate surface area is 70.8 Å². The Kier molecular flexibility index (Phi) is 2.94. The van der Waals surface area contributed by atoms with Gasteiger partial charge >= 0.3 is 0 Å². The van der Waals surface area contributed by atoms with Gasteiger partial charge in [-0.25, -0.2) is 0 Å². The van der Waals surface area contributed by atoms with Crippen molar-refractivity contribution in [3.63, 3.8) is 0 Å². The molecule has 11 heavy (non-hydrogen) atoms. The molecule has 0 N–H and O–H groups in total. The summed E-state index contributed by atoms with van der Waals surface area (Å²) in [4.78, 5) is 2.30. The van der Waals surface area contributed by atoms with Gasteiger partial charge in [-0.3, -0.25) is 0 Å². The molecule has 1 fully saturated rings. The van der Waals surface area contributed by atoms with Crippen molar-refractivity contribution < 1.29 is 0 Å². The largest absolute Gasteiger partial charge is 0.309 e. The summed E-state index contributed by atoms with van der Waals surface area (Å²) in [5.41, 5.74) is 0.791. The van der Waals surface area contributed by atoms with Crippen LogP contribution in [0.15, 0.2) is 0 Å². The molecule has 0 radical (unpaired) electrons. The van der Waals surface area contributed by atoms with Gasteiger partial charge in [-0.15, -0.1) is 0 Å². The maximum absolute atomic E-state index is 2.30. The van der Waals surface area contributed by atoms with Gasteiger partial charge in [-0.2, -0.15) is 0 Å². The summed E-state index contributed by atoms with van der Waals surface area (Å²) in [5.74, 6) is 0. The van der Waals surface area contributed by atoms with Crippen LogP contribution >= 0.6 is 0 Å². The molecule has 0 bridgehead atoms. The van der Waals surface area contributed by atoms with Crippen LogP contribution in [-0.4, -0.2) is 25.5 Å². The van der Waals surface area contributed by atoms with Crippen LogP contribution in [0.4, 0.5) is 0 Å². The van der Waals surface area contributed by atoms with E-state index < -0.39 is 0 Å². The molecular weight excluding hydrogens is 134 g/mol. The predicted molar refractivity (Wildman–Crippen MR) is 49.7 cm³/mol. The molecule has 0 amide bonds. The lowest BCUT2D eigenvalue weighted by Gasteiger charge is -2.16. The Morgan fingerprint density at radius 1 is 1.18 bits per heavy atom. The van der Waals surface area contributed by atoms with Gasteiger partial charge in [0.2, 0.25) is 0 Å². The monoisotopic (exact) mass is 155 g/mol. The molecule has 1 heteroatoms. The summed E-state index contributed by atoms with van der Waals surface area (Å²) in [6, 6.07) is 0. The normalized spacial score (nSPS) is 20.7. The summed E-state index contributed by atoms with van der Waals surface area (Å²) in [6.07, 6.45) is 7.24. The van der Waals surface area contributed by atoms with Crippen LogP contribution in [0.25, 0.3) is 0 Å². The average molecular weight is 155 g/mol. The zero-order valence-electron chi connectivity index (χ0n) is 8.19. The van der Waals surface area contributed by atoms with E-state index in [4.69, 9.17) is 0 Å². The molecule has 1 saturated carbocycles. The summed E-state index contributed by atoms with van der Waals surface area (Å²) in [5, 5.41) is 0. The summed E-state index contributed by atoms with van der Waals surface area (Å²) in [6.45, 7) is 3.58. The molecule has 0 saturated heterocycles. The van der Waals surface area contributed by atoms with Crippen molar-refractivity contribution in [3.8, 4) is 0 Å². The summed E-state index contributed by atoms with van der Waals surface area (Å²) >= 11 is 0. The highest BCUT2D eigenvalue weighted by molar-refractivity contribution is 4.92. The fourth-order valence-corrected chi connectivity index (χ4v) is 1.79. The van der Waals surface area contributed by atoms with Crippen molar-refractivity contribution in [3.05, 3.63) is 0 Å². The lowest BCUT2D eigenvalue weighted by molar-refractivity contribution is 0.324. The Morgan fingerprint density at radius 2 is 1.82 bits per heavy atom. The van der Waals surface area contributed by atoms with Gasteiger partial charge in [0.05, 0.1) is 0 Å². The molecule has 0 atom stereocenters. The molecule has 0 heterocycles. The van der Waals surface area contributed by atoms with Gasteiger partial charge < -0.3 is 4.90 Å². The average Bonchev–Trinajstić information content (AvgIpc) is 2.67. The predicted octanol–water partition coefficient (Wildman–Crippen LogP) is 2.52. The maximum Gasteiger partial charge on any atom is -0.00195 e. The van der Waals surface area contributed by atoms with E-state index in [0.29, 0.717) is 0 Å². The zero-order valence-corrected chi connectivity index (χ0v) is 8.19. The number of rotatable bonds is 5. The molecule has 0 spiro atoms. The minimum Gasteiger partial charge on any atom is -0.309 e. The number of nitrogens with zero attached hydrogens (tertiary/aromatic N) is 1. The van der Waals surface area contributed by atoms with Gasteiger partial charge in [-0.1, -0.05) is 13.3 Å². The highest BCUT2D eigenvalue weighted by Gasteiger charge is 2.40. The molecule has 0 aliphatic heterocycles. The van der Waals surface area contributed by atoms with Crippen molar-refractivity contribution >= 4 is 0 Å². The van der Waals surface area contributed by atoms with Gasteiger partial charge in [0.1, 0.15) is 0 Å². The first kappa shape index (κ1) is 9.05. The Balaban J connectivity index is 2.14. The van der Waals surface area contributed by atoms with E-state index in [9.17, 15) is 0 Å². The molecule has 1 nitrogen and oxygen atoms in total. The molecule has 66 valence electrons. The van der Waals surface area contributed by atoms with Crippen LogP contribution in [0.1, 0.15) is 39.0 Å². The van der Waals surface area contributed by atoms with Crippen LogP contribution in [0.2, 0.25) is 0 Å². The first-order valence-corrected chi connectivity index (χ1v) is 4.83. The molecular formula is C10H21N. The van der Waals surface area contributed by atoms with E-state index in [0.717, 1.165) is 5.41 Å². The first-order chi connectivity index (χ1) is 5.18. The third kappa shape index (κ3) is 2.82. The second-order valence-corrected chi connectivity index (χ2v) is 4.30. The third-order valence-electron chi connectivity index (χ3n) is 2.83. The second-order valence-electron chi connectivity index (χ2n) is 4.30. The van der Waals surface area contributed by atoms with Gasteiger partial charge in [0.25, 0.3) is 0 Å². The maximum atomic E-state index is 2.30. The standard InChI is InChI=1S/C10H21N/c1-4-5-10(6-7-10)8-9-11(2)3/h4-9H2,1-3H3. The lowest BCUT2D eigenvalue weighted by Crippen LogP contribution is -2.17. The van der Waals surface area contributed by atoms with Crippen LogP contribution in [-0.2, 0) is 0 Å². The second kappa shape index (κ2) is 3.57. The van der Waals surface area contributed by atoms with E-state index in [1.165, 1.54) is 38.6 Å². The van der Waals surface area contributed by atoms with Crippen LogP contribution in [0, 0.1) is 5.41 Å². The Hall–Kier alpha value is -0.0400. The van der Waals surface area contributed by atoms with Gasteiger partial charge in [-0.05, 0) is 51.7 Å². The molecule has 1 rings (SSSR count). The smallest absolute Gasteiger partial charge is 0.00195 e. The zero-order chi connectivity index (χ0) is 8.32. The quantitative estimate of drug-likeness (QED) is 0.589. The van der Waals surface area contributed by atoms with E-state index in [2.05, 4.69) is 25.9 Å². The first-order valence-electron chi connectivity index (χ1n) is 4.83. The molecule has 1 aliphatic carbocycles. The minimum absolute atomic E-state index is 0.791. The number of hydrogen-bond donors (Lipinski definition) is 0. The fourth-order valence-electron chi connectivity index (χ4n) is 1.79. The fraction of sp³-hybridized carbons (Fsp3) is 1.00. The third-order valence-corrected chi connectivity index (χ3v) is 2.83.